The molecular weight excluding hydrogens is 288 g/mol. The van der Waals surface area contributed by atoms with Crippen LogP contribution >= 0.6 is 0 Å². The van der Waals surface area contributed by atoms with Crippen LogP contribution in [0, 0.1) is 5.92 Å². The van der Waals surface area contributed by atoms with Gasteiger partial charge in [0.2, 0.25) is 0 Å². The standard InChI is InChI=1S/C18H20N4O/c1-12(2)10-20-17-18-21-11-16(22(18)8-7-19-17)15-6-4-5-14(9-15)13(3)23/h4-9,11-12H,10H2,1-3H3,(H,19,20). The molecule has 0 radical (unpaired) electrons. The minimum absolute atomic E-state index is 0.0571. The molecule has 1 N–H and O–H groups in total. The number of nitrogens with zero attached hydrogens (tertiary/aromatic N) is 3. The van der Waals surface area contributed by atoms with E-state index in [1.165, 1.54) is 0 Å². The second-order valence-corrected chi connectivity index (χ2v) is 6.02. The summed E-state index contributed by atoms with van der Waals surface area (Å²) < 4.78 is 1.99. The molecule has 0 aliphatic heterocycles. The van der Waals surface area contributed by atoms with Crippen molar-refractivity contribution in [1.82, 2.24) is 14.4 Å². The highest BCUT2D eigenvalue weighted by atomic mass is 16.1. The highest BCUT2D eigenvalue weighted by molar-refractivity contribution is 5.95. The number of hydrogen-bond acceptors (Lipinski definition) is 4. The first-order chi connectivity index (χ1) is 11.1. The average molecular weight is 308 g/mol. The number of Topliss-reactive ketones (excluding diaryl/α,β-unsaturated/α-hetero) is 1. The topological polar surface area (TPSA) is 59.3 Å². The Kier molecular flexibility index (Phi) is 4.10. The van der Waals surface area contributed by atoms with Gasteiger partial charge in [-0.3, -0.25) is 9.20 Å². The number of ketones is 1. The number of carbonyl (C=O) groups is 1. The van der Waals surface area contributed by atoms with Crippen LogP contribution in [0.1, 0.15) is 31.1 Å². The number of fused-ring (bicyclic) bond motifs is 1. The van der Waals surface area contributed by atoms with E-state index in [4.69, 9.17) is 0 Å². The largest absolute Gasteiger partial charge is 0.367 e. The molecule has 0 aliphatic rings. The number of anilines is 1. The van der Waals surface area contributed by atoms with Crippen LogP contribution in [0.25, 0.3) is 16.9 Å². The molecular formula is C18H20N4O. The van der Waals surface area contributed by atoms with E-state index in [2.05, 4.69) is 29.1 Å². The Balaban J connectivity index is 2.04. The molecule has 3 aromatic rings. The third-order valence-corrected chi connectivity index (χ3v) is 3.67. The number of hydrogen-bond donors (Lipinski definition) is 1. The van der Waals surface area contributed by atoms with E-state index in [-0.39, 0.29) is 5.78 Å². The lowest BCUT2D eigenvalue weighted by molar-refractivity contribution is 0.101. The lowest BCUT2D eigenvalue weighted by atomic mass is 10.1. The molecule has 118 valence electrons. The molecule has 23 heavy (non-hydrogen) atoms. The highest BCUT2D eigenvalue weighted by Crippen LogP contribution is 2.24. The lowest BCUT2D eigenvalue weighted by Crippen LogP contribution is -2.10. The van der Waals surface area contributed by atoms with Crippen LogP contribution in [0.2, 0.25) is 0 Å². The average Bonchev–Trinajstić information content (AvgIpc) is 2.97. The monoisotopic (exact) mass is 308 g/mol. The molecule has 2 heterocycles. The van der Waals surface area contributed by atoms with E-state index in [0.29, 0.717) is 11.5 Å². The molecule has 2 aromatic heterocycles. The first-order valence-corrected chi connectivity index (χ1v) is 7.73. The van der Waals surface area contributed by atoms with Crippen molar-refractivity contribution in [3.63, 3.8) is 0 Å². The number of aromatic nitrogens is 3. The summed E-state index contributed by atoms with van der Waals surface area (Å²) in [5, 5.41) is 3.33. The second kappa shape index (κ2) is 6.20. The molecule has 0 aliphatic carbocycles. The van der Waals surface area contributed by atoms with Crippen LogP contribution in [-0.4, -0.2) is 26.7 Å². The summed E-state index contributed by atoms with van der Waals surface area (Å²) >= 11 is 0. The molecule has 0 spiro atoms. The first-order valence-electron chi connectivity index (χ1n) is 7.73. The van der Waals surface area contributed by atoms with Gasteiger partial charge < -0.3 is 5.32 Å². The maximum atomic E-state index is 11.6. The summed E-state index contributed by atoms with van der Waals surface area (Å²) in [5.41, 5.74) is 3.39. The summed E-state index contributed by atoms with van der Waals surface area (Å²) in [7, 11) is 0. The number of nitrogens with one attached hydrogen (secondary N) is 1. The fraction of sp³-hybridized carbons (Fsp3) is 0.278. The predicted octanol–water partition coefficient (Wildman–Crippen LogP) is 3.67. The highest BCUT2D eigenvalue weighted by Gasteiger charge is 2.11. The first kappa shape index (κ1) is 15.2. The number of imidazole rings is 1. The predicted molar refractivity (Wildman–Crippen MR) is 91.8 cm³/mol. The smallest absolute Gasteiger partial charge is 0.180 e. The quantitative estimate of drug-likeness (QED) is 0.731. The maximum Gasteiger partial charge on any atom is 0.180 e. The molecule has 0 saturated heterocycles. The van der Waals surface area contributed by atoms with Crippen LogP contribution < -0.4 is 5.32 Å². The van der Waals surface area contributed by atoms with Crippen LogP contribution in [0.15, 0.2) is 42.9 Å². The van der Waals surface area contributed by atoms with Crippen molar-refractivity contribution < 1.29 is 4.79 Å². The van der Waals surface area contributed by atoms with Crippen molar-refractivity contribution in [1.29, 1.82) is 0 Å². The number of carbonyl (C=O) groups excluding carboxylic acids is 1. The van der Waals surface area contributed by atoms with Crippen LogP contribution in [0.5, 0.6) is 0 Å². The molecule has 0 bridgehead atoms. The molecule has 0 fully saturated rings. The SMILES string of the molecule is CC(=O)c1cccc(-c2cnc3c(NCC(C)C)nccn23)c1. The number of benzene rings is 1. The second-order valence-electron chi connectivity index (χ2n) is 6.02. The summed E-state index contributed by atoms with van der Waals surface area (Å²) in [5.74, 6) is 1.36. The van der Waals surface area contributed by atoms with Gasteiger partial charge in [-0.25, -0.2) is 9.97 Å². The van der Waals surface area contributed by atoms with E-state index in [9.17, 15) is 4.79 Å². The molecule has 3 rings (SSSR count). The molecule has 0 amide bonds. The van der Waals surface area contributed by atoms with Crippen LogP contribution in [-0.2, 0) is 0 Å². The summed E-state index contributed by atoms with van der Waals surface area (Å²) in [4.78, 5) is 20.5. The zero-order chi connectivity index (χ0) is 16.4. The Bertz CT molecular complexity index is 851. The third-order valence-electron chi connectivity index (χ3n) is 3.67. The van der Waals surface area contributed by atoms with Gasteiger partial charge in [0.05, 0.1) is 11.9 Å². The van der Waals surface area contributed by atoms with E-state index >= 15 is 0 Å². The minimum Gasteiger partial charge on any atom is -0.367 e. The van der Waals surface area contributed by atoms with Crippen LogP contribution in [0.3, 0.4) is 0 Å². The van der Waals surface area contributed by atoms with Gasteiger partial charge in [-0.2, -0.15) is 0 Å². The van der Waals surface area contributed by atoms with Crippen molar-refractivity contribution >= 4 is 17.2 Å². The van der Waals surface area contributed by atoms with Gasteiger partial charge in [-0.1, -0.05) is 32.0 Å². The molecule has 0 atom stereocenters. The Morgan fingerprint density at radius 1 is 1.30 bits per heavy atom. The zero-order valence-electron chi connectivity index (χ0n) is 13.6. The Labute approximate surface area is 135 Å². The van der Waals surface area contributed by atoms with E-state index in [1.807, 2.05) is 41.1 Å². The Morgan fingerprint density at radius 3 is 2.87 bits per heavy atom. The van der Waals surface area contributed by atoms with Crippen molar-refractivity contribution in [2.24, 2.45) is 5.92 Å². The normalized spacial score (nSPS) is 11.1. The lowest BCUT2D eigenvalue weighted by Gasteiger charge is -2.09. The zero-order valence-corrected chi connectivity index (χ0v) is 13.6. The van der Waals surface area contributed by atoms with Gasteiger partial charge >= 0.3 is 0 Å². The molecule has 0 saturated carbocycles. The minimum atomic E-state index is 0.0571. The van der Waals surface area contributed by atoms with Gasteiger partial charge in [0.15, 0.2) is 17.2 Å². The maximum absolute atomic E-state index is 11.6. The van der Waals surface area contributed by atoms with Gasteiger partial charge in [-0.15, -0.1) is 0 Å². The van der Waals surface area contributed by atoms with Gasteiger partial charge in [0.25, 0.3) is 0 Å². The molecule has 0 unspecified atom stereocenters. The van der Waals surface area contributed by atoms with Crippen LogP contribution in [0.4, 0.5) is 5.82 Å². The van der Waals surface area contributed by atoms with Crippen molar-refractivity contribution in [3.8, 4) is 11.3 Å². The summed E-state index contributed by atoms with van der Waals surface area (Å²) in [6, 6.07) is 7.60. The fourth-order valence-corrected chi connectivity index (χ4v) is 2.46. The van der Waals surface area contributed by atoms with Gasteiger partial charge in [0.1, 0.15) is 0 Å². The molecule has 5 heteroatoms. The van der Waals surface area contributed by atoms with Gasteiger partial charge in [-0.05, 0) is 18.9 Å². The van der Waals surface area contributed by atoms with E-state index in [0.717, 1.165) is 29.3 Å². The molecule has 5 nitrogen and oxygen atoms in total. The molecule has 1 aromatic carbocycles. The van der Waals surface area contributed by atoms with E-state index in [1.54, 1.807) is 13.1 Å². The Hall–Kier alpha value is -2.69. The summed E-state index contributed by atoms with van der Waals surface area (Å²) in [6.07, 6.45) is 5.46. The Morgan fingerprint density at radius 2 is 2.13 bits per heavy atom. The third kappa shape index (κ3) is 3.08. The van der Waals surface area contributed by atoms with Crippen molar-refractivity contribution in [2.45, 2.75) is 20.8 Å². The van der Waals surface area contributed by atoms with E-state index < -0.39 is 0 Å². The number of rotatable bonds is 5. The van der Waals surface area contributed by atoms with Gasteiger partial charge in [0, 0.05) is 30.1 Å². The van der Waals surface area contributed by atoms with Crippen molar-refractivity contribution in [2.75, 3.05) is 11.9 Å². The fourth-order valence-electron chi connectivity index (χ4n) is 2.46. The summed E-state index contributed by atoms with van der Waals surface area (Å²) in [6.45, 7) is 6.72. The van der Waals surface area contributed by atoms with Crippen molar-refractivity contribution in [3.05, 3.63) is 48.4 Å².